The number of methoxy groups -OCH3 is 1. The molecule has 1 fully saturated rings. The van der Waals surface area contributed by atoms with E-state index in [0.29, 0.717) is 4.88 Å². The summed E-state index contributed by atoms with van der Waals surface area (Å²) >= 11 is 1.42. The van der Waals surface area contributed by atoms with Crippen LogP contribution in [-0.2, 0) is 11.3 Å². The molecule has 0 spiro atoms. The lowest BCUT2D eigenvalue weighted by Crippen LogP contribution is -2.41. The van der Waals surface area contributed by atoms with E-state index < -0.39 is 0 Å². The molecule has 1 aromatic rings. The highest BCUT2D eigenvalue weighted by Gasteiger charge is 2.24. The van der Waals surface area contributed by atoms with Gasteiger partial charge in [0.2, 0.25) is 0 Å². The zero-order chi connectivity index (χ0) is 13.0. The summed E-state index contributed by atoms with van der Waals surface area (Å²) in [5, 5.41) is 11.3. The van der Waals surface area contributed by atoms with Gasteiger partial charge in [0.25, 0.3) is 0 Å². The number of esters is 1. The summed E-state index contributed by atoms with van der Waals surface area (Å²) in [5.41, 5.74) is 1.01. The molecule has 1 aliphatic rings. The molecule has 0 amide bonds. The van der Waals surface area contributed by atoms with Crippen molar-refractivity contribution < 1.29 is 14.6 Å². The highest BCUT2D eigenvalue weighted by molar-refractivity contribution is 7.12. The smallest absolute Gasteiger partial charge is 0.348 e. The number of piperidine rings is 1. The number of carbonyl (C=O) groups excluding carboxylic acids is 1. The van der Waals surface area contributed by atoms with Gasteiger partial charge in [-0.1, -0.05) is 6.42 Å². The van der Waals surface area contributed by atoms with E-state index in [4.69, 9.17) is 4.74 Å². The quantitative estimate of drug-likeness (QED) is 0.848. The highest BCUT2D eigenvalue weighted by Crippen LogP contribution is 2.24. The van der Waals surface area contributed by atoms with E-state index in [9.17, 15) is 9.90 Å². The van der Waals surface area contributed by atoms with Crippen molar-refractivity contribution in [2.75, 3.05) is 20.3 Å². The normalized spacial score (nSPS) is 20.9. The van der Waals surface area contributed by atoms with E-state index in [1.54, 1.807) is 0 Å². The van der Waals surface area contributed by atoms with Gasteiger partial charge in [0.05, 0.1) is 13.7 Å². The lowest BCUT2D eigenvalue weighted by Gasteiger charge is -2.34. The molecular weight excluding hydrogens is 250 g/mol. The van der Waals surface area contributed by atoms with Gasteiger partial charge in [0.15, 0.2) is 0 Å². The fourth-order valence-corrected chi connectivity index (χ4v) is 3.26. The molecule has 4 nitrogen and oxygen atoms in total. The van der Waals surface area contributed by atoms with Crippen LogP contribution in [0.1, 0.15) is 34.5 Å². The molecule has 1 atom stereocenters. The van der Waals surface area contributed by atoms with E-state index in [-0.39, 0.29) is 18.6 Å². The summed E-state index contributed by atoms with van der Waals surface area (Å²) in [6, 6.07) is 2.20. The first kappa shape index (κ1) is 13.5. The van der Waals surface area contributed by atoms with Crippen LogP contribution in [0.15, 0.2) is 11.4 Å². The van der Waals surface area contributed by atoms with Gasteiger partial charge in [-0.2, -0.15) is 0 Å². The van der Waals surface area contributed by atoms with Gasteiger partial charge in [0, 0.05) is 12.6 Å². The maximum Gasteiger partial charge on any atom is 0.348 e. The Balaban J connectivity index is 2.08. The van der Waals surface area contributed by atoms with Crippen LogP contribution in [0.4, 0.5) is 0 Å². The molecular formula is C13H19NO3S. The molecule has 100 valence electrons. The van der Waals surface area contributed by atoms with Crippen molar-refractivity contribution in [2.24, 2.45) is 0 Å². The molecule has 0 aromatic carbocycles. The minimum atomic E-state index is -0.266. The molecule has 1 N–H and O–H groups in total. The van der Waals surface area contributed by atoms with Crippen LogP contribution in [0.3, 0.4) is 0 Å². The number of thiophene rings is 1. The monoisotopic (exact) mass is 269 g/mol. The molecule has 0 radical (unpaired) electrons. The number of ether oxygens (including phenoxy) is 1. The van der Waals surface area contributed by atoms with Crippen molar-refractivity contribution in [3.63, 3.8) is 0 Å². The summed E-state index contributed by atoms with van der Waals surface area (Å²) in [4.78, 5) is 14.6. The predicted octanol–water partition coefficient (Wildman–Crippen LogP) is 1.88. The van der Waals surface area contributed by atoms with Crippen LogP contribution in [0.25, 0.3) is 0 Å². The first-order valence-electron chi connectivity index (χ1n) is 6.26. The number of nitrogens with zero attached hydrogens (tertiary/aromatic N) is 1. The van der Waals surface area contributed by atoms with Crippen LogP contribution in [0, 0.1) is 0 Å². The average Bonchev–Trinajstić information content (AvgIpc) is 2.86. The van der Waals surface area contributed by atoms with Crippen molar-refractivity contribution in [2.45, 2.75) is 31.8 Å². The van der Waals surface area contributed by atoms with Crippen molar-refractivity contribution in [3.8, 4) is 0 Å². The van der Waals surface area contributed by atoms with E-state index >= 15 is 0 Å². The molecule has 18 heavy (non-hydrogen) atoms. The molecule has 0 saturated carbocycles. The molecule has 1 saturated heterocycles. The summed E-state index contributed by atoms with van der Waals surface area (Å²) in [6.07, 6.45) is 3.37. The summed E-state index contributed by atoms with van der Waals surface area (Å²) < 4.78 is 4.78. The number of rotatable bonds is 4. The number of hydrogen-bond acceptors (Lipinski definition) is 5. The molecule has 5 heteroatoms. The lowest BCUT2D eigenvalue weighted by atomic mass is 10.0. The van der Waals surface area contributed by atoms with Crippen LogP contribution >= 0.6 is 11.3 Å². The first-order chi connectivity index (χ1) is 8.76. The van der Waals surface area contributed by atoms with Crippen LogP contribution in [0.5, 0.6) is 0 Å². The van der Waals surface area contributed by atoms with Gasteiger partial charge in [-0.25, -0.2) is 4.79 Å². The summed E-state index contributed by atoms with van der Waals surface area (Å²) in [5.74, 6) is -0.266. The molecule has 1 aromatic heterocycles. The standard InChI is InChI=1S/C13H19NO3S/c1-17-13(16)12-10(5-7-18-12)8-14-6-3-2-4-11(14)9-15/h5,7,11,15H,2-4,6,8-9H2,1H3. The summed E-state index contributed by atoms with van der Waals surface area (Å²) in [6.45, 7) is 1.90. The largest absolute Gasteiger partial charge is 0.465 e. The third-order valence-corrected chi connectivity index (χ3v) is 4.39. The second-order valence-electron chi connectivity index (χ2n) is 4.57. The lowest BCUT2D eigenvalue weighted by molar-refractivity contribution is 0.0598. The van der Waals surface area contributed by atoms with E-state index in [1.807, 2.05) is 11.4 Å². The van der Waals surface area contributed by atoms with Crippen molar-refractivity contribution in [1.29, 1.82) is 0 Å². The zero-order valence-electron chi connectivity index (χ0n) is 10.6. The topological polar surface area (TPSA) is 49.8 Å². The van der Waals surface area contributed by atoms with Crippen molar-refractivity contribution in [1.82, 2.24) is 4.90 Å². The molecule has 0 aliphatic carbocycles. The Morgan fingerprint density at radius 3 is 3.17 bits per heavy atom. The Labute approximate surface area is 111 Å². The average molecular weight is 269 g/mol. The molecule has 2 heterocycles. The second kappa shape index (κ2) is 6.31. The van der Waals surface area contributed by atoms with Crippen LogP contribution in [0.2, 0.25) is 0 Å². The maximum absolute atomic E-state index is 11.6. The third kappa shape index (κ3) is 2.91. The molecule has 1 aliphatic heterocycles. The Hall–Kier alpha value is -0.910. The number of carbonyl (C=O) groups is 1. The van der Waals surface area contributed by atoms with Crippen LogP contribution < -0.4 is 0 Å². The van der Waals surface area contributed by atoms with Gasteiger partial charge in [0.1, 0.15) is 4.88 Å². The van der Waals surface area contributed by atoms with Gasteiger partial charge in [-0.3, -0.25) is 4.90 Å². The SMILES string of the molecule is COC(=O)c1sccc1CN1CCCCC1CO. The number of likely N-dealkylation sites (tertiary alicyclic amines) is 1. The van der Waals surface area contributed by atoms with E-state index in [0.717, 1.165) is 31.5 Å². The van der Waals surface area contributed by atoms with E-state index in [1.165, 1.54) is 24.9 Å². The minimum absolute atomic E-state index is 0.192. The Bertz CT molecular complexity index is 405. The Morgan fingerprint density at radius 2 is 2.44 bits per heavy atom. The third-order valence-electron chi connectivity index (χ3n) is 3.45. The first-order valence-corrected chi connectivity index (χ1v) is 7.13. The van der Waals surface area contributed by atoms with Crippen molar-refractivity contribution >= 4 is 17.3 Å². The van der Waals surface area contributed by atoms with Gasteiger partial charge in [-0.15, -0.1) is 11.3 Å². The fraction of sp³-hybridized carbons (Fsp3) is 0.615. The Kier molecular flexibility index (Phi) is 4.74. The number of aliphatic hydroxyl groups is 1. The molecule has 1 unspecified atom stereocenters. The number of aliphatic hydroxyl groups excluding tert-OH is 1. The number of hydrogen-bond donors (Lipinski definition) is 1. The highest BCUT2D eigenvalue weighted by atomic mass is 32.1. The van der Waals surface area contributed by atoms with Gasteiger partial charge >= 0.3 is 5.97 Å². The summed E-state index contributed by atoms with van der Waals surface area (Å²) in [7, 11) is 1.41. The Morgan fingerprint density at radius 1 is 1.61 bits per heavy atom. The van der Waals surface area contributed by atoms with Gasteiger partial charge < -0.3 is 9.84 Å². The predicted molar refractivity (Wildman–Crippen MR) is 70.8 cm³/mol. The van der Waals surface area contributed by atoms with Crippen LogP contribution in [-0.4, -0.2) is 42.3 Å². The fourth-order valence-electron chi connectivity index (χ4n) is 2.43. The second-order valence-corrected chi connectivity index (χ2v) is 5.49. The molecule has 2 rings (SSSR count). The molecule has 0 bridgehead atoms. The van der Waals surface area contributed by atoms with Crippen molar-refractivity contribution in [3.05, 3.63) is 21.9 Å². The zero-order valence-corrected chi connectivity index (χ0v) is 11.4. The minimum Gasteiger partial charge on any atom is -0.465 e. The maximum atomic E-state index is 11.6. The van der Waals surface area contributed by atoms with E-state index in [2.05, 4.69) is 4.90 Å². The van der Waals surface area contributed by atoms with Gasteiger partial charge in [-0.05, 0) is 36.4 Å².